The van der Waals surface area contributed by atoms with Crippen LogP contribution in [0.1, 0.15) is 26.7 Å². The van der Waals surface area contributed by atoms with Crippen LogP contribution in [0.5, 0.6) is 0 Å². The fourth-order valence-electron chi connectivity index (χ4n) is 2.14. The van der Waals surface area contributed by atoms with Gasteiger partial charge in [-0.1, -0.05) is 19.8 Å². The van der Waals surface area contributed by atoms with Gasteiger partial charge in [-0.25, -0.2) is 0 Å². The highest BCUT2D eigenvalue weighted by molar-refractivity contribution is 5.78. The molecular formula is C12H20N2O. The standard InChI is InChI=1S/C12H20N2O/c1-4-7-13-9-12(15)14-8-5-6-11(14)10(2)3/h1,10-11,13H,5-9H2,2-3H3. The lowest BCUT2D eigenvalue weighted by molar-refractivity contribution is -0.131. The summed E-state index contributed by atoms with van der Waals surface area (Å²) in [6, 6.07) is 0.421. The second kappa shape index (κ2) is 5.77. The molecule has 0 bridgehead atoms. The quantitative estimate of drug-likeness (QED) is 0.549. The van der Waals surface area contributed by atoms with Crippen molar-refractivity contribution in [3.8, 4) is 12.3 Å². The zero-order valence-corrected chi connectivity index (χ0v) is 9.62. The molecule has 1 heterocycles. The monoisotopic (exact) mass is 208 g/mol. The molecule has 1 aliphatic heterocycles. The minimum absolute atomic E-state index is 0.182. The Bertz CT molecular complexity index is 255. The number of terminal acetylenes is 1. The first-order chi connectivity index (χ1) is 7.16. The Morgan fingerprint density at radius 1 is 1.67 bits per heavy atom. The van der Waals surface area contributed by atoms with Crippen molar-refractivity contribution in [3.05, 3.63) is 0 Å². The van der Waals surface area contributed by atoms with E-state index in [1.807, 2.05) is 4.90 Å². The van der Waals surface area contributed by atoms with E-state index in [9.17, 15) is 4.79 Å². The fraction of sp³-hybridized carbons (Fsp3) is 0.750. The lowest BCUT2D eigenvalue weighted by Crippen LogP contribution is -2.43. The molecule has 1 saturated heterocycles. The normalized spacial score (nSPS) is 20.7. The van der Waals surface area contributed by atoms with E-state index in [4.69, 9.17) is 6.42 Å². The van der Waals surface area contributed by atoms with Gasteiger partial charge in [0.1, 0.15) is 0 Å². The Labute approximate surface area is 92.2 Å². The molecule has 1 aliphatic rings. The predicted octanol–water partition coefficient (Wildman–Crippen LogP) is 0.856. The second-order valence-electron chi connectivity index (χ2n) is 4.35. The van der Waals surface area contributed by atoms with Crippen LogP contribution < -0.4 is 5.32 Å². The van der Waals surface area contributed by atoms with Gasteiger partial charge in [0.15, 0.2) is 0 Å². The van der Waals surface area contributed by atoms with E-state index in [-0.39, 0.29) is 5.91 Å². The first-order valence-corrected chi connectivity index (χ1v) is 5.60. The molecule has 1 amide bonds. The van der Waals surface area contributed by atoms with Gasteiger partial charge in [-0.15, -0.1) is 6.42 Å². The van der Waals surface area contributed by atoms with Crippen molar-refractivity contribution in [2.75, 3.05) is 19.6 Å². The highest BCUT2D eigenvalue weighted by Gasteiger charge is 2.30. The third kappa shape index (κ3) is 3.24. The van der Waals surface area contributed by atoms with E-state index >= 15 is 0 Å². The van der Waals surface area contributed by atoms with Crippen molar-refractivity contribution in [1.82, 2.24) is 10.2 Å². The van der Waals surface area contributed by atoms with E-state index in [0.717, 1.165) is 19.4 Å². The number of nitrogens with one attached hydrogen (secondary N) is 1. The smallest absolute Gasteiger partial charge is 0.236 e. The number of hydrogen-bond acceptors (Lipinski definition) is 2. The zero-order chi connectivity index (χ0) is 11.3. The van der Waals surface area contributed by atoms with Gasteiger partial charge in [0.05, 0.1) is 13.1 Å². The Kier molecular flexibility index (Phi) is 4.64. The highest BCUT2D eigenvalue weighted by atomic mass is 16.2. The summed E-state index contributed by atoms with van der Waals surface area (Å²) < 4.78 is 0. The first-order valence-electron chi connectivity index (χ1n) is 5.60. The topological polar surface area (TPSA) is 32.3 Å². The molecule has 1 atom stereocenters. The van der Waals surface area contributed by atoms with Crippen molar-refractivity contribution >= 4 is 5.91 Å². The van der Waals surface area contributed by atoms with Crippen LogP contribution >= 0.6 is 0 Å². The van der Waals surface area contributed by atoms with Gasteiger partial charge in [-0.3, -0.25) is 10.1 Å². The SMILES string of the molecule is C#CCNCC(=O)N1CCCC1C(C)C. The van der Waals surface area contributed by atoms with Crippen LogP contribution in [0.15, 0.2) is 0 Å². The lowest BCUT2D eigenvalue weighted by atomic mass is 10.0. The molecule has 0 aromatic rings. The van der Waals surface area contributed by atoms with Crippen molar-refractivity contribution in [2.45, 2.75) is 32.7 Å². The summed E-state index contributed by atoms with van der Waals surface area (Å²) in [7, 11) is 0. The Balaban J connectivity index is 2.41. The van der Waals surface area contributed by atoms with E-state index < -0.39 is 0 Å². The molecule has 84 valence electrons. The molecule has 1 fully saturated rings. The maximum atomic E-state index is 11.8. The molecule has 0 aromatic carbocycles. The van der Waals surface area contributed by atoms with Crippen LogP contribution in [0.25, 0.3) is 0 Å². The maximum absolute atomic E-state index is 11.8. The summed E-state index contributed by atoms with van der Waals surface area (Å²) in [5.74, 6) is 3.19. The van der Waals surface area contributed by atoms with Gasteiger partial charge in [0.2, 0.25) is 5.91 Å². The minimum Gasteiger partial charge on any atom is -0.338 e. The number of nitrogens with zero attached hydrogens (tertiary/aromatic N) is 1. The molecule has 1 rings (SSSR count). The first kappa shape index (κ1) is 12.1. The summed E-state index contributed by atoms with van der Waals surface area (Å²) in [4.78, 5) is 13.8. The molecule has 15 heavy (non-hydrogen) atoms. The third-order valence-corrected chi connectivity index (χ3v) is 2.89. The number of carbonyl (C=O) groups is 1. The predicted molar refractivity (Wildman–Crippen MR) is 61.3 cm³/mol. The van der Waals surface area contributed by atoms with Gasteiger partial charge >= 0.3 is 0 Å². The van der Waals surface area contributed by atoms with Gasteiger partial charge in [-0.2, -0.15) is 0 Å². The molecule has 3 heteroatoms. The minimum atomic E-state index is 0.182. The van der Waals surface area contributed by atoms with E-state index in [1.165, 1.54) is 0 Å². The van der Waals surface area contributed by atoms with Crippen LogP contribution in [-0.2, 0) is 4.79 Å². The van der Waals surface area contributed by atoms with Crippen molar-refractivity contribution < 1.29 is 4.79 Å². The summed E-state index contributed by atoms with van der Waals surface area (Å²) in [6.07, 6.45) is 7.37. The van der Waals surface area contributed by atoms with E-state index in [2.05, 4.69) is 25.1 Å². The summed E-state index contributed by atoms with van der Waals surface area (Å²) in [5, 5.41) is 2.94. The molecule has 0 saturated carbocycles. The van der Waals surface area contributed by atoms with Crippen LogP contribution in [0.4, 0.5) is 0 Å². The molecule has 0 radical (unpaired) electrons. The Morgan fingerprint density at radius 2 is 2.40 bits per heavy atom. The van der Waals surface area contributed by atoms with Gasteiger partial charge < -0.3 is 4.90 Å². The summed E-state index contributed by atoms with van der Waals surface area (Å²) in [6.45, 7) is 6.08. The molecule has 1 unspecified atom stereocenters. The van der Waals surface area contributed by atoms with Crippen LogP contribution in [0.2, 0.25) is 0 Å². The molecule has 0 spiro atoms. The number of likely N-dealkylation sites (tertiary alicyclic amines) is 1. The Morgan fingerprint density at radius 3 is 3.00 bits per heavy atom. The average Bonchev–Trinajstić information content (AvgIpc) is 2.66. The molecule has 0 aromatic heterocycles. The average molecular weight is 208 g/mol. The van der Waals surface area contributed by atoms with Crippen molar-refractivity contribution in [3.63, 3.8) is 0 Å². The summed E-state index contributed by atoms with van der Waals surface area (Å²) >= 11 is 0. The van der Waals surface area contributed by atoms with E-state index in [1.54, 1.807) is 0 Å². The Hall–Kier alpha value is -1.01. The lowest BCUT2D eigenvalue weighted by Gasteiger charge is -2.27. The summed E-state index contributed by atoms with van der Waals surface area (Å²) in [5.41, 5.74) is 0. The number of amides is 1. The van der Waals surface area contributed by atoms with Gasteiger partial charge in [0.25, 0.3) is 0 Å². The zero-order valence-electron chi connectivity index (χ0n) is 9.62. The fourth-order valence-corrected chi connectivity index (χ4v) is 2.14. The highest BCUT2D eigenvalue weighted by Crippen LogP contribution is 2.23. The van der Waals surface area contributed by atoms with Crippen LogP contribution in [0.3, 0.4) is 0 Å². The molecule has 1 N–H and O–H groups in total. The van der Waals surface area contributed by atoms with Crippen molar-refractivity contribution in [1.29, 1.82) is 0 Å². The van der Waals surface area contributed by atoms with Crippen molar-refractivity contribution in [2.24, 2.45) is 5.92 Å². The third-order valence-electron chi connectivity index (χ3n) is 2.89. The van der Waals surface area contributed by atoms with E-state index in [0.29, 0.717) is 25.0 Å². The number of rotatable bonds is 4. The van der Waals surface area contributed by atoms with Crippen LogP contribution in [0, 0.1) is 18.3 Å². The van der Waals surface area contributed by atoms with Gasteiger partial charge in [-0.05, 0) is 18.8 Å². The molecule has 3 nitrogen and oxygen atoms in total. The van der Waals surface area contributed by atoms with Gasteiger partial charge in [0, 0.05) is 12.6 Å². The second-order valence-corrected chi connectivity index (χ2v) is 4.35. The number of hydrogen-bond donors (Lipinski definition) is 1. The molecule has 0 aliphatic carbocycles. The maximum Gasteiger partial charge on any atom is 0.236 e. The largest absolute Gasteiger partial charge is 0.338 e. The molecular weight excluding hydrogens is 188 g/mol. The number of carbonyl (C=O) groups excluding carboxylic acids is 1. The van der Waals surface area contributed by atoms with Crippen LogP contribution in [-0.4, -0.2) is 36.5 Å².